The summed E-state index contributed by atoms with van der Waals surface area (Å²) in [5.41, 5.74) is 3.83. The summed E-state index contributed by atoms with van der Waals surface area (Å²) in [7, 11) is 0. The van der Waals surface area contributed by atoms with Gasteiger partial charge in [0.2, 0.25) is 0 Å². The van der Waals surface area contributed by atoms with Gasteiger partial charge in [-0.3, -0.25) is 14.6 Å². The summed E-state index contributed by atoms with van der Waals surface area (Å²) in [6.45, 7) is 2.87. The van der Waals surface area contributed by atoms with Crippen molar-refractivity contribution >= 4 is 27.9 Å². The maximum atomic E-state index is 12.5. The Labute approximate surface area is 151 Å². The molecule has 0 bridgehead atoms. The van der Waals surface area contributed by atoms with Gasteiger partial charge < -0.3 is 0 Å². The van der Waals surface area contributed by atoms with E-state index >= 15 is 0 Å². The van der Waals surface area contributed by atoms with Crippen molar-refractivity contribution in [3.05, 3.63) is 58.6 Å². The third-order valence-corrected chi connectivity index (χ3v) is 5.20. The first-order valence-corrected chi connectivity index (χ1v) is 9.09. The normalized spacial score (nSPS) is 11.6. The summed E-state index contributed by atoms with van der Waals surface area (Å²) >= 11 is 1.51. The van der Waals surface area contributed by atoms with Gasteiger partial charge in [0.15, 0.2) is 5.65 Å². The highest BCUT2D eigenvalue weighted by Gasteiger charge is 2.14. The second-order valence-electron chi connectivity index (χ2n) is 5.90. The van der Waals surface area contributed by atoms with Crippen LogP contribution in [-0.4, -0.2) is 29.4 Å². The third-order valence-electron chi connectivity index (χ3n) is 4.40. The van der Waals surface area contributed by atoms with Crippen LogP contribution in [0.4, 0.5) is 0 Å². The number of hydrogen-bond donors (Lipinski definition) is 1. The Morgan fingerprint density at radius 3 is 3.00 bits per heavy atom. The van der Waals surface area contributed by atoms with E-state index in [0.717, 1.165) is 33.6 Å². The van der Waals surface area contributed by atoms with Crippen molar-refractivity contribution in [1.82, 2.24) is 29.4 Å². The topological polar surface area (TPSA) is 80.9 Å². The molecule has 5 rings (SSSR count). The molecule has 4 heterocycles. The summed E-state index contributed by atoms with van der Waals surface area (Å²) in [6, 6.07) is 7.55. The third kappa shape index (κ3) is 2.19. The number of nitrogens with zero attached hydrogens (tertiary/aromatic N) is 5. The smallest absolute Gasteiger partial charge is 0.273 e. The Hall–Kier alpha value is -3.26. The second kappa shape index (κ2) is 5.63. The molecule has 26 heavy (non-hydrogen) atoms. The molecule has 1 N–H and O–H groups in total. The number of hydrogen-bond acceptors (Lipinski definition) is 5. The van der Waals surface area contributed by atoms with E-state index in [-0.39, 0.29) is 5.56 Å². The zero-order valence-electron chi connectivity index (χ0n) is 13.9. The minimum Gasteiger partial charge on any atom is -0.296 e. The average Bonchev–Trinajstić information content (AvgIpc) is 3.39. The van der Waals surface area contributed by atoms with Crippen LogP contribution in [0.1, 0.15) is 6.92 Å². The highest BCUT2D eigenvalue weighted by molar-refractivity contribution is 7.13. The highest BCUT2D eigenvalue weighted by Crippen LogP contribution is 2.27. The summed E-state index contributed by atoms with van der Waals surface area (Å²) in [5, 5.41) is 11.1. The summed E-state index contributed by atoms with van der Waals surface area (Å²) in [5.74, 6) is 0. The lowest BCUT2D eigenvalue weighted by Gasteiger charge is -2.04. The Kier molecular flexibility index (Phi) is 3.26. The fourth-order valence-electron chi connectivity index (χ4n) is 3.14. The van der Waals surface area contributed by atoms with E-state index in [4.69, 9.17) is 4.98 Å². The number of benzene rings is 1. The van der Waals surface area contributed by atoms with Gasteiger partial charge in [-0.1, -0.05) is 6.07 Å². The number of aryl methyl sites for hydroxylation is 1. The molecule has 5 aromatic rings. The first-order chi connectivity index (χ1) is 12.7. The molecule has 0 spiro atoms. The predicted octanol–water partition coefficient (Wildman–Crippen LogP) is 3.18. The van der Waals surface area contributed by atoms with Gasteiger partial charge in [-0.15, -0.1) is 11.3 Å². The molecule has 0 aliphatic heterocycles. The molecule has 7 nitrogen and oxygen atoms in total. The molecule has 4 aromatic heterocycles. The van der Waals surface area contributed by atoms with Crippen LogP contribution >= 0.6 is 11.3 Å². The zero-order chi connectivity index (χ0) is 17.7. The van der Waals surface area contributed by atoms with E-state index in [2.05, 4.69) is 22.1 Å². The SMILES string of the molecule is CCn1ncc2cc(-c3cc(=O)n4[nH]cc(-c5nccs5)c4n3)ccc21. The average molecular weight is 362 g/mol. The molecule has 0 saturated carbocycles. The van der Waals surface area contributed by atoms with Gasteiger partial charge in [-0.2, -0.15) is 5.10 Å². The predicted molar refractivity (Wildman–Crippen MR) is 101 cm³/mol. The van der Waals surface area contributed by atoms with E-state index in [1.54, 1.807) is 18.5 Å². The van der Waals surface area contributed by atoms with Crippen LogP contribution in [0.25, 0.3) is 38.4 Å². The molecule has 0 aliphatic carbocycles. The van der Waals surface area contributed by atoms with Crippen LogP contribution in [0, 0.1) is 0 Å². The molecule has 0 unspecified atom stereocenters. The molecule has 0 aliphatic rings. The number of fused-ring (bicyclic) bond motifs is 2. The lowest BCUT2D eigenvalue weighted by molar-refractivity contribution is 0.684. The molecular formula is C18H14N6OS. The molecule has 0 radical (unpaired) electrons. The summed E-state index contributed by atoms with van der Waals surface area (Å²) in [6.07, 6.45) is 5.34. The van der Waals surface area contributed by atoms with Crippen LogP contribution in [0.15, 0.2) is 53.0 Å². The standard InChI is InChI=1S/C18H14N6OS/c1-2-23-15-4-3-11(7-12(15)9-20-23)14-8-16(25)24-17(22-14)13(10-21-24)18-19-5-6-26-18/h3-10,21H,2H2,1H3. The Morgan fingerprint density at radius 2 is 2.19 bits per heavy atom. The van der Waals surface area contributed by atoms with Crippen molar-refractivity contribution < 1.29 is 0 Å². The van der Waals surface area contributed by atoms with E-state index < -0.39 is 0 Å². The van der Waals surface area contributed by atoms with Crippen molar-refractivity contribution in [3.63, 3.8) is 0 Å². The van der Waals surface area contributed by atoms with Gasteiger partial charge >= 0.3 is 0 Å². The van der Waals surface area contributed by atoms with Crippen molar-refractivity contribution in [2.75, 3.05) is 0 Å². The largest absolute Gasteiger partial charge is 0.296 e. The fourth-order valence-corrected chi connectivity index (χ4v) is 3.79. The van der Waals surface area contributed by atoms with Crippen LogP contribution in [-0.2, 0) is 6.54 Å². The molecule has 0 atom stereocenters. The van der Waals surface area contributed by atoms with Crippen LogP contribution < -0.4 is 5.56 Å². The van der Waals surface area contributed by atoms with Gasteiger partial charge in [-0.05, 0) is 19.1 Å². The minimum atomic E-state index is -0.155. The molecule has 8 heteroatoms. The minimum absolute atomic E-state index is 0.155. The van der Waals surface area contributed by atoms with Crippen LogP contribution in [0.5, 0.6) is 0 Å². The lowest BCUT2D eigenvalue weighted by atomic mass is 10.1. The number of aromatic nitrogens is 6. The van der Waals surface area contributed by atoms with Gasteiger partial charge in [0.05, 0.1) is 23.0 Å². The van der Waals surface area contributed by atoms with Crippen molar-refractivity contribution in [2.24, 2.45) is 0 Å². The van der Waals surface area contributed by atoms with Crippen LogP contribution in [0.2, 0.25) is 0 Å². The van der Waals surface area contributed by atoms with Gasteiger partial charge in [0.1, 0.15) is 5.01 Å². The monoisotopic (exact) mass is 362 g/mol. The van der Waals surface area contributed by atoms with Gasteiger partial charge in [-0.25, -0.2) is 14.5 Å². The maximum absolute atomic E-state index is 12.5. The lowest BCUT2D eigenvalue weighted by Crippen LogP contribution is -2.14. The molecule has 0 amide bonds. The highest BCUT2D eigenvalue weighted by atomic mass is 32.1. The number of thiazole rings is 1. The Bertz CT molecular complexity index is 1290. The van der Waals surface area contributed by atoms with Crippen molar-refractivity contribution in [1.29, 1.82) is 0 Å². The quantitative estimate of drug-likeness (QED) is 0.534. The van der Waals surface area contributed by atoms with E-state index in [9.17, 15) is 4.79 Å². The van der Waals surface area contributed by atoms with E-state index in [1.165, 1.54) is 15.9 Å². The van der Waals surface area contributed by atoms with E-state index in [0.29, 0.717) is 11.3 Å². The molecule has 128 valence electrons. The molecule has 1 aromatic carbocycles. The molecular weight excluding hydrogens is 348 g/mol. The maximum Gasteiger partial charge on any atom is 0.273 e. The zero-order valence-corrected chi connectivity index (χ0v) is 14.7. The van der Waals surface area contributed by atoms with Crippen molar-refractivity contribution in [2.45, 2.75) is 13.5 Å². The second-order valence-corrected chi connectivity index (χ2v) is 6.79. The first kappa shape index (κ1) is 15.0. The Balaban J connectivity index is 1.72. The number of rotatable bonds is 3. The Morgan fingerprint density at radius 1 is 1.27 bits per heavy atom. The van der Waals surface area contributed by atoms with E-state index in [1.807, 2.05) is 34.5 Å². The fraction of sp³-hybridized carbons (Fsp3) is 0.111. The summed E-state index contributed by atoms with van der Waals surface area (Å²) in [4.78, 5) is 21.6. The number of nitrogens with one attached hydrogen (secondary N) is 1. The molecule has 0 fully saturated rings. The van der Waals surface area contributed by atoms with Gasteiger partial charge in [0, 0.05) is 41.3 Å². The van der Waals surface area contributed by atoms with Crippen molar-refractivity contribution in [3.8, 4) is 21.8 Å². The van der Waals surface area contributed by atoms with Crippen LogP contribution in [0.3, 0.4) is 0 Å². The first-order valence-electron chi connectivity index (χ1n) is 8.21. The number of H-pyrrole nitrogens is 1. The molecule has 0 saturated heterocycles. The van der Waals surface area contributed by atoms with Gasteiger partial charge in [0.25, 0.3) is 5.56 Å². The summed E-state index contributed by atoms with van der Waals surface area (Å²) < 4.78 is 3.38. The number of aromatic amines is 1.